The minimum Gasteiger partial charge on any atom is -0.390 e. The highest BCUT2D eigenvalue weighted by molar-refractivity contribution is 5.00. The Bertz CT molecular complexity index is 111. The van der Waals surface area contributed by atoms with E-state index in [0.717, 1.165) is 0 Å². The Morgan fingerprint density at radius 1 is 1.00 bits per heavy atom. The van der Waals surface area contributed by atoms with E-state index in [9.17, 15) is 0 Å². The fraction of sp³-hybridized carbons (Fsp3) is 1.00. The zero-order chi connectivity index (χ0) is 6.43. The molecule has 0 spiro atoms. The molecule has 2 fully saturated rings. The van der Waals surface area contributed by atoms with Gasteiger partial charge in [-0.2, -0.15) is 0 Å². The molecule has 0 aromatic carbocycles. The minimum absolute atomic E-state index is 0.222. The molecule has 1 aliphatic heterocycles. The molecule has 0 bridgehead atoms. The van der Waals surface area contributed by atoms with Crippen molar-refractivity contribution in [2.75, 3.05) is 13.2 Å². The lowest BCUT2D eigenvalue weighted by Crippen LogP contribution is -2.54. The first kappa shape index (κ1) is 5.65. The Balaban J connectivity index is 2.06. The van der Waals surface area contributed by atoms with Gasteiger partial charge in [-0.15, -0.1) is 0 Å². The maximum absolute atomic E-state index is 9.06. The molecule has 1 heterocycles. The number of aliphatic hydroxyl groups is 2. The Morgan fingerprint density at radius 2 is 1.44 bits per heavy atom. The van der Waals surface area contributed by atoms with Crippen LogP contribution in [0.1, 0.15) is 0 Å². The highest BCUT2D eigenvalue weighted by Crippen LogP contribution is 2.39. The number of ether oxygens (including phenoxy) is 1. The van der Waals surface area contributed by atoms with Gasteiger partial charge in [-0.3, -0.25) is 0 Å². The van der Waals surface area contributed by atoms with E-state index in [-0.39, 0.29) is 11.8 Å². The van der Waals surface area contributed by atoms with Crippen LogP contribution in [-0.4, -0.2) is 35.6 Å². The van der Waals surface area contributed by atoms with Gasteiger partial charge in [0.2, 0.25) is 0 Å². The van der Waals surface area contributed by atoms with E-state index < -0.39 is 12.2 Å². The molecule has 1 saturated carbocycles. The second-order valence-electron chi connectivity index (χ2n) is 2.85. The predicted molar refractivity (Wildman–Crippen MR) is 29.8 cm³/mol. The lowest BCUT2D eigenvalue weighted by Gasteiger charge is -2.40. The summed E-state index contributed by atoms with van der Waals surface area (Å²) in [5.41, 5.74) is 0. The van der Waals surface area contributed by atoms with Crippen molar-refractivity contribution in [2.24, 2.45) is 11.8 Å². The van der Waals surface area contributed by atoms with Gasteiger partial charge in [0.05, 0.1) is 25.4 Å². The fourth-order valence-corrected chi connectivity index (χ4v) is 1.65. The van der Waals surface area contributed by atoms with Crippen LogP contribution in [0.2, 0.25) is 0 Å². The van der Waals surface area contributed by atoms with Gasteiger partial charge >= 0.3 is 0 Å². The zero-order valence-electron chi connectivity index (χ0n) is 5.03. The van der Waals surface area contributed by atoms with Gasteiger partial charge in [-0.25, -0.2) is 0 Å². The van der Waals surface area contributed by atoms with E-state index in [1.165, 1.54) is 0 Å². The van der Waals surface area contributed by atoms with Crippen molar-refractivity contribution in [2.45, 2.75) is 12.2 Å². The van der Waals surface area contributed by atoms with Crippen molar-refractivity contribution in [1.29, 1.82) is 0 Å². The topological polar surface area (TPSA) is 49.7 Å². The Morgan fingerprint density at radius 3 is 1.89 bits per heavy atom. The molecule has 0 aromatic heterocycles. The van der Waals surface area contributed by atoms with E-state index in [2.05, 4.69) is 0 Å². The number of hydrogen-bond acceptors (Lipinski definition) is 3. The van der Waals surface area contributed by atoms with Crippen molar-refractivity contribution in [3.05, 3.63) is 0 Å². The van der Waals surface area contributed by atoms with Crippen molar-refractivity contribution >= 4 is 0 Å². The summed E-state index contributed by atoms with van der Waals surface area (Å²) in [5.74, 6) is 0.444. The number of rotatable bonds is 0. The summed E-state index contributed by atoms with van der Waals surface area (Å²) >= 11 is 0. The van der Waals surface area contributed by atoms with Gasteiger partial charge in [-0.1, -0.05) is 0 Å². The van der Waals surface area contributed by atoms with Gasteiger partial charge < -0.3 is 14.9 Å². The maximum atomic E-state index is 9.06. The van der Waals surface area contributed by atoms with Crippen LogP contribution in [0.25, 0.3) is 0 Å². The van der Waals surface area contributed by atoms with Gasteiger partial charge in [0.15, 0.2) is 0 Å². The van der Waals surface area contributed by atoms with Crippen molar-refractivity contribution in [3.8, 4) is 0 Å². The quantitative estimate of drug-likeness (QED) is 0.441. The molecule has 1 saturated heterocycles. The van der Waals surface area contributed by atoms with E-state index >= 15 is 0 Å². The van der Waals surface area contributed by atoms with Gasteiger partial charge in [0.25, 0.3) is 0 Å². The molecule has 3 nitrogen and oxygen atoms in total. The van der Waals surface area contributed by atoms with E-state index in [1.54, 1.807) is 0 Å². The molecule has 1 aliphatic carbocycles. The van der Waals surface area contributed by atoms with E-state index in [1.807, 2.05) is 0 Å². The minimum atomic E-state index is -0.516. The van der Waals surface area contributed by atoms with Crippen LogP contribution < -0.4 is 0 Å². The average Bonchev–Trinajstić information content (AvgIpc) is 2.30. The van der Waals surface area contributed by atoms with Crippen molar-refractivity contribution in [1.82, 2.24) is 0 Å². The molecule has 2 rings (SSSR count). The van der Waals surface area contributed by atoms with Crippen LogP contribution in [0, 0.1) is 11.8 Å². The molecule has 0 radical (unpaired) electrons. The number of hydrogen-bond donors (Lipinski definition) is 2. The van der Waals surface area contributed by atoms with Crippen LogP contribution in [0.3, 0.4) is 0 Å². The van der Waals surface area contributed by atoms with Gasteiger partial charge in [-0.05, 0) is 0 Å². The summed E-state index contributed by atoms with van der Waals surface area (Å²) in [6.07, 6.45) is -1.03. The van der Waals surface area contributed by atoms with Crippen LogP contribution in [0.5, 0.6) is 0 Å². The van der Waals surface area contributed by atoms with Gasteiger partial charge in [0, 0.05) is 11.8 Å². The molecular formula is C6H10O3. The Hall–Kier alpha value is -0.120. The Kier molecular flexibility index (Phi) is 1.06. The van der Waals surface area contributed by atoms with Crippen LogP contribution >= 0.6 is 0 Å². The van der Waals surface area contributed by atoms with Crippen LogP contribution in [-0.2, 0) is 4.74 Å². The second-order valence-corrected chi connectivity index (χ2v) is 2.85. The predicted octanol–water partition coefficient (Wildman–Crippen LogP) is -1.02. The zero-order valence-corrected chi connectivity index (χ0v) is 5.03. The first-order chi connectivity index (χ1) is 4.30. The van der Waals surface area contributed by atoms with Crippen LogP contribution in [0.4, 0.5) is 0 Å². The Labute approximate surface area is 53.3 Å². The molecule has 2 aliphatic rings. The molecule has 4 atom stereocenters. The van der Waals surface area contributed by atoms with E-state index in [0.29, 0.717) is 13.2 Å². The summed E-state index contributed by atoms with van der Waals surface area (Å²) in [4.78, 5) is 0. The SMILES string of the molecule is OC1C(O)[C@@H]2COC[C@H]12. The molecule has 9 heavy (non-hydrogen) atoms. The molecule has 0 aromatic rings. The lowest BCUT2D eigenvalue weighted by atomic mass is 9.71. The maximum Gasteiger partial charge on any atom is 0.0857 e. The third-order valence-corrected chi connectivity index (χ3v) is 2.40. The summed E-state index contributed by atoms with van der Waals surface area (Å²) in [6.45, 7) is 1.26. The largest absolute Gasteiger partial charge is 0.390 e. The summed E-state index contributed by atoms with van der Waals surface area (Å²) < 4.78 is 5.05. The van der Waals surface area contributed by atoms with Gasteiger partial charge in [0.1, 0.15) is 0 Å². The summed E-state index contributed by atoms with van der Waals surface area (Å²) in [6, 6.07) is 0. The third kappa shape index (κ3) is 0.569. The van der Waals surface area contributed by atoms with Crippen LogP contribution in [0.15, 0.2) is 0 Å². The summed E-state index contributed by atoms with van der Waals surface area (Å²) in [5, 5.41) is 18.1. The normalized spacial score (nSPS) is 56.7. The third-order valence-electron chi connectivity index (χ3n) is 2.40. The molecule has 0 amide bonds. The lowest BCUT2D eigenvalue weighted by molar-refractivity contribution is -0.132. The first-order valence-corrected chi connectivity index (χ1v) is 3.24. The van der Waals surface area contributed by atoms with Crippen molar-refractivity contribution in [3.63, 3.8) is 0 Å². The first-order valence-electron chi connectivity index (χ1n) is 3.24. The van der Waals surface area contributed by atoms with Crippen molar-refractivity contribution < 1.29 is 14.9 Å². The van der Waals surface area contributed by atoms with E-state index in [4.69, 9.17) is 14.9 Å². The fourth-order valence-electron chi connectivity index (χ4n) is 1.65. The highest BCUT2D eigenvalue weighted by atomic mass is 16.5. The number of fused-ring (bicyclic) bond motifs is 1. The standard InChI is InChI=1S/C6H10O3/c7-5-3-1-9-2-4(3)6(5)8/h3-8H,1-2H2/t3-,4+,5?,6?. The molecule has 2 unspecified atom stereocenters. The molecular weight excluding hydrogens is 120 g/mol. The highest BCUT2D eigenvalue weighted by Gasteiger charge is 2.51. The molecule has 52 valence electrons. The smallest absolute Gasteiger partial charge is 0.0857 e. The molecule has 2 N–H and O–H groups in total. The summed E-state index contributed by atoms with van der Waals surface area (Å²) in [7, 11) is 0. The second kappa shape index (κ2) is 1.68. The number of aliphatic hydroxyl groups excluding tert-OH is 2. The average molecular weight is 130 g/mol. The molecule has 3 heteroatoms. The monoisotopic (exact) mass is 130 g/mol.